The number of carbonyl (C=O) groups excluding carboxylic acids is 1. The third-order valence-corrected chi connectivity index (χ3v) is 6.22. The molecule has 3 atom stereocenters. The van der Waals surface area contributed by atoms with Crippen molar-refractivity contribution < 1.29 is 9.53 Å². The van der Waals surface area contributed by atoms with Crippen molar-refractivity contribution in [3.8, 4) is 0 Å². The number of hydrogen-bond acceptors (Lipinski definition) is 3. The van der Waals surface area contributed by atoms with Gasteiger partial charge in [0.1, 0.15) is 5.78 Å². The Kier molecular flexibility index (Phi) is 3.93. The van der Waals surface area contributed by atoms with E-state index in [4.69, 9.17) is 10.5 Å². The quantitative estimate of drug-likeness (QED) is 0.844. The Labute approximate surface area is 122 Å². The van der Waals surface area contributed by atoms with Crippen LogP contribution < -0.4 is 5.73 Å². The first-order chi connectivity index (χ1) is 9.56. The van der Waals surface area contributed by atoms with Crippen LogP contribution in [-0.2, 0) is 9.53 Å². The van der Waals surface area contributed by atoms with Crippen molar-refractivity contribution in [1.29, 1.82) is 0 Å². The predicted molar refractivity (Wildman–Crippen MR) is 79.4 cm³/mol. The second-order valence-electron chi connectivity index (χ2n) is 7.56. The lowest BCUT2D eigenvalue weighted by Gasteiger charge is -2.45. The maximum Gasteiger partial charge on any atom is 0.143 e. The fraction of sp³-hybridized carbons (Fsp3) is 0.941. The molecular formula is C17H29NO2. The van der Waals surface area contributed by atoms with E-state index in [0.717, 1.165) is 51.6 Å². The van der Waals surface area contributed by atoms with E-state index < -0.39 is 0 Å². The lowest BCUT2D eigenvalue weighted by atomic mass is 9.68. The molecule has 1 spiro atoms. The first kappa shape index (κ1) is 14.5. The molecule has 0 radical (unpaired) electrons. The summed E-state index contributed by atoms with van der Waals surface area (Å²) < 4.78 is 6.13. The van der Waals surface area contributed by atoms with Crippen molar-refractivity contribution in [2.24, 2.45) is 17.1 Å². The number of nitrogens with two attached hydrogens (primary N) is 1. The van der Waals surface area contributed by atoms with Crippen LogP contribution >= 0.6 is 0 Å². The predicted octanol–water partition coefficient (Wildman–Crippen LogP) is 3.20. The summed E-state index contributed by atoms with van der Waals surface area (Å²) in [5.41, 5.74) is 6.00. The second-order valence-corrected chi connectivity index (χ2v) is 7.56. The number of ether oxygens (including phenoxy) is 1. The smallest absolute Gasteiger partial charge is 0.143 e. The van der Waals surface area contributed by atoms with E-state index in [9.17, 15) is 4.79 Å². The molecule has 2 saturated carbocycles. The van der Waals surface area contributed by atoms with E-state index in [0.29, 0.717) is 5.78 Å². The van der Waals surface area contributed by atoms with Crippen LogP contribution in [0.3, 0.4) is 0 Å². The Morgan fingerprint density at radius 2 is 1.85 bits per heavy atom. The number of hydrogen-bond donors (Lipinski definition) is 1. The fourth-order valence-corrected chi connectivity index (χ4v) is 4.76. The molecule has 3 unspecified atom stereocenters. The maximum atomic E-state index is 13.0. The highest BCUT2D eigenvalue weighted by atomic mass is 16.5. The first-order valence-corrected chi connectivity index (χ1v) is 8.50. The van der Waals surface area contributed by atoms with E-state index in [2.05, 4.69) is 6.92 Å². The van der Waals surface area contributed by atoms with E-state index in [1.807, 2.05) is 0 Å². The summed E-state index contributed by atoms with van der Waals surface area (Å²) in [7, 11) is 0. The molecule has 3 nitrogen and oxygen atoms in total. The van der Waals surface area contributed by atoms with E-state index in [1.54, 1.807) is 0 Å². The topological polar surface area (TPSA) is 52.3 Å². The molecular weight excluding hydrogens is 250 g/mol. The molecule has 0 amide bonds. The Morgan fingerprint density at radius 3 is 2.50 bits per heavy atom. The van der Waals surface area contributed by atoms with E-state index >= 15 is 0 Å². The number of carbonyl (C=O) groups is 1. The van der Waals surface area contributed by atoms with Crippen LogP contribution in [0.2, 0.25) is 0 Å². The van der Waals surface area contributed by atoms with Crippen molar-refractivity contribution in [3.63, 3.8) is 0 Å². The Bertz CT molecular complexity index is 370. The van der Waals surface area contributed by atoms with Gasteiger partial charge in [-0.25, -0.2) is 0 Å². The largest absolute Gasteiger partial charge is 0.375 e. The van der Waals surface area contributed by atoms with E-state index in [1.165, 1.54) is 19.3 Å². The summed E-state index contributed by atoms with van der Waals surface area (Å²) in [5.74, 6) is 0.631. The average Bonchev–Trinajstić information content (AvgIpc) is 2.80. The minimum absolute atomic E-state index is 0.0237. The van der Waals surface area contributed by atoms with Gasteiger partial charge in [0.15, 0.2) is 0 Å². The van der Waals surface area contributed by atoms with Crippen LogP contribution in [0.1, 0.15) is 71.1 Å². The molecule has 0 aromatic carbocycles. The molecule has 1 heterocycles. The molecule has 20 heavy (non-hydrogen) atoms. The SMILES string of the molecule is CC1(C(=O)C2CCOC3(CCCCC3)C2)CCCC1N. The summed E-state index contributed by atoms with van der Waals surface area (Å²) in [5, 5.41) is 0. The molecule has 114 valence electrons. The van der Waals surface area contributed by atoms with E-state index in [-0.39, 0.29) is 23.0 Å². The van der Waals surface area contributed by atoms with Crippen LogP contribution in [0.5, 0.6) is 0 Å². The zero-order valence-corrected chi connectivity index (χ0v) is 12.8. The highest BCUT2D eigenvalue weighted by Crippen LogP contribution is 2.46. The van der Waals surface area contributed by atoms with Gasteiger partial charge in [-0.2, -0.15) is 0 Å². The molecule has 3 aliphatic rings. The van der Waals surface area contributed by atoms with Crippen molar-refractivity contribution in [2.75, 3.05) is 6.61 Å². The van der Waals surface area contributed by atoms with Gasteiger partial charge >= 0.3 is 0 Å². The van der Waals surface area contributed by atoms with Crippen LogP contribution in [0, 0.1) is 11.3 Å². The van der Waals surface area contributed by atoms with Gasteiger partial charge in [0, 0.05) is 24.0 Å². The summed E-state index contributed by atoms with van der Waals surface area (Å²) in [6.07, 6.45) is 11.1. The second kappa shape index (κ2) is 5.42. The fourth-order valence-electron chi connectivity index (χ4n) is 4.76. The number of ketones is 1. The summed E-state index contributed by atoms with van der Waals surface area (Å²) in [4.78, 5) is 13.0. The molecule has 3 rings (SSSR count). The van der Waals surface area contributed by atoms with Gasteiger partial charge in [0.2, 0.25) is 0 Å². The van der Waals surface area contributed by atoms with Crippen molar-refractivity contribution >= 4 is 5.78 Å². The zero-order valence-electron chi connectivity index (χ0n) is 12.8. The van der Waals surface area contributed by atoms with Crippen molar-refractivity contribution in [3.05, 3.63) is 0 Å². The molecule has 0 aromatic heterocycles. The molecule has 3 heteroatoms. The molecule has 0 aromatic rings. The normalized spacial score (nSPS) is 40.9. The highest BCUT2D eigenvalue weighted by molar-refractivity contribution is 5.88. The highest BCUT2D eigenvalue weighted by Gasteiger charge is 2.48. The van der Waals surface area contributed by atoms with Crippen LogP contribution in [0.15, 0.2) is 0 Å². The van der Waals surface area contributed by atoms with Gasteiger partial charge in [-0.1, -0.05) is 32.6 Å². The van der Waals surface area contributed by atoms with Crippen LogP contribution in [0.25, 0.3) is 0 Å². The lowest BCUT2D eigenvalue weighted by molar-refractivity contribution is -0.150. The molecule has 0 bridgehead atoms. The minimum Gasteiger partial charge on any atom is -0.375 e. The monoisotopic (exact) mass is 279 g/mol. The Hall–Kier alpha value is -0.410. The third-order valence-electron chi connectivity index (χ3n) is 6.22. The standard InChI is InChI=1S/C17H29NO2/c1-16(8-5-6-14(16)18)15(19)13-7-11-20-17(12-13)9-3-2-4-10-17/h13-14H,2-12,18H2,1H3. The zero-order chi connectivity index (χ0) is 14.2. The maximum absolute atomic E-state index is 13.0. The molecule has 2 N–H and O–H groups in total. The summed E-state index contributed by atoms with van der Waals surface area (Å²) in [6, 6.07) is 0.0696. The van der Waals surface area contributed by atoms with Gasteiger partial charge in [-0.05, 0) is 38.5 Å². The van der Waals surface area contributed by atoms with Crippen molar-refractivity contribution in [1.82, 2.24) is 0 Å². The first-order valence-electron chi connectivity index (χ1n) is 8.50. The Balaban J connectivity index is 1.72. The minimum atomic E-state index is -0.266. The van der Waals surface area contributed by atoms with Gasteiger partial charge in [-0.15, -0.1) is 0 Å². The summed E-state index contributed by atoms with van der Waals surface area (Å²) in [6.45, 7) is 2.87. The molecule has 1 saturated heterocycles. The molecule has 2 aliphatic carbocycles. The number of Topliss-reactive ketones (excluding diaryl/α,β-unsaturated/α-hetero) is 1. The van der Waals surface area contributed by atoms with Crippen molar-refractivity contribution in [2.45, 2.75) is 82.8 Å². The summed E-state index contributed by atoms with van der Waals surface area (Å²) >= 11 is 0. The lowest BCUT2D eigenvalue weighted by Crippen LogP contribution is -2.49. The van der Waals surface area contributed by atoms with Gasteiger partial charge in [0.25, 0.3) is 0 Å². The third kappa shape index (κ3) is 2.43. The van der Waals surface area contributed by atoms with Gasteiger partial charge in [0.05, 0.1) is 5.60 Å². The molecule has 3 fully saturated rings. The van der Waals surface area contributed by atoms with Gasteiger partial charge in [-0.3, -0.25) is 4.79 Å². The van der Waals surface area contributed by atoms with Gasteiger partial charge < -0.3 is 10.5 Å². The Morgan fingerprint density at radius 1 is 1.10 bits per heavy atom. The average molecular weight is 279 g/mol. The number of rotatable bonds is 2. The molecule has 1 aliphatic heterocycles. The van der Waals surface area contributed by atoms with Crippen LogP contribution in [0.4, 0.5) is 0 Å². The van der Waals surface area contributed by atoms with Crippen LogP contribution in [-0.4, -0.2) is 24.0 Å².